The highest BCUT2D eigenvalue weighted by atomic mass is 16.5. The van der Waals surface area contributed by atoms with Gasteiger partial charge in [0.2, 0.25) is 0 Å². The van der Waals surface area contributed by atoms with Crippen LogP contribution in [0.3, 0.4) is 0 Å². The van der Waals surface area contributed by atoms with Gasteiger partial charge in [0, 0.05) is 19.6 Å². The van der Waals surface area contributed by atoms with Crippen molar-refractivity contribution in [1.82, 2.24) is 15.6 Å². The first kappa shape index (κ1) is 18.9. The lowest BCUT2D eigenvalue weighted by Gasteiger charge is -2.26. The summed E-state index contributed by atoms with van der Waals surface area (Å²) in [5.41, 5.74) is 2.99. The van der Waals surface area contributed by atoms with Crippen molar-refractivity contribution in [2.75, 3.05) is 46.5 Å². The quantitative estimate of drug-likeness (QED) is 0.313. The first-order chi connectivity index (χ1) is 12.2. The summed E-state index contributed by atoms with van der Waals surface area (Å²) in [6, 6.07) is 7.15. The number of benzene rings is 1. The zero-order chi connectivity index (χ0) is 17.9. The number of hydrogen-bond donors (Lipinski definition) is 2. The molecule has 1 aliphatic rings. The molecule has 0 unspecified atom stereocenters. The van der Waals surface area contributed by atoms with E-state index in [0.717, 1.165) is 50.6 Å². The molecule has 0 atom stereocenters. The second-order valence-corrected chi connectivity index (χ2v) is 5.54. The van der Waals surface area contributed by atoms with Crippen molar-refractivity contribution >= 4 is 18.0 Å². The summed E-state index contributed by atoms with van der Waals surface area (Å²) >= 11 is 0. The van der Waals surface area contributed by atoms with Crippen LogP contribution in [0.25, 0.3) is 0 Å². The highest BCUT2D eigenvalue weighted by molar-refractivity contribution is 6.35. The van der Waals surface area contributed by atoms with Gasteiger partial charge in [0.1, 0.15) is 5.75 Å². The van der Waals surface area contributed by atoms with Crippen LogP contribution in [0, 0.1) is 0 Å². The summed E-state index contributed by atoms with van der Waals surface area (Å²) in [6.45, 7) is 4.65. The third-order valence-corrected chi connectivity index (χ3v) is 3.74. The minimum atomic E-state index is -0.781. The monoisotopic (exact) mass is 348 g/mol. The van der Waals surface area contributed by atoms with Crippen LogP contribution in [-0.4, -0.2) is 69.4 Å². The lowest BCUT2D eigenvalue weighted by molar-refractivity contribution is -0.139. The molecule has 25 heavy (non-hydrogen) atoms. The molecule has 2 amide bonds. The second kappa shape index (κ2) is 10.4. The van der Waals surface area contributed by atoms with Crippen molar-refractivity contribution in [3.8, 4) is 5.75 Å². The van der Waals surface area contributed by atoms with Crippen molar-refractivity contribution < 1.29 is 19.1 Å². The number of nitrogens with one attached hydrogen (secondary N) is 2. The Balaban J connectivity index is 1.62. The van der Waals surface area contributed by atoms with E-state index in [1.54, 1.807) is 31.4 Å². The van der Waals surface area contributed by atoms with E-state index in [1.807, 2.05) is 0 Å². The molecule has 1 saturated heterocycles. The third-order valence-electron chi connectivity index (χ3n) is 3.74. The van der Waals surface area contributed by atoms with Crippen LogP contribution in [0.2, 0.25) is 0 Å². The summed E-state index contributed by atoms with van der Waals surface area (Å²) < 4.78 is 10.3. The van der Waals surface area contributed by atoms with Crippen molar-refractivity contribution in [3.05, 3.63) is 29.8 Å². The molecule has 0 saturated carbocycles. The molecule has 1 fully saturated rings. The number of morpholine rings is 1. The van der Waals surface area contributed by atoms with Gasteiger partial charge in [0.25, 0.3) is 0 Å². The Bertz CT molecular complexity index is 583. The summed E-state index contributed by atoms with van der Waals surface area (Å²) in [7, 11) is 1.59. The van der Waals surface area contributed by atoms with E-state index in [9.17, 15) is 9.59 Å². The maximum atomic E-state index is 11.7. The molecule has 2 N–H and O–H groups in total. The van der Waals surface area contributed by atoms with Crippen LogP contribution < -0.4 is 15.5 Å². The number of ether oxygens (including phenoxy) is 2. The van der Waals surface area contributed by atoms with E-state index in [0.29, 0.717) is 6.54 Å². The molecule has 0 radical (unpaired) electrons. The van der Waals surface area contributed by atoms with Crippen LogP contribution in [0.4, 0.5) is 0 Å². The molecular formula is C17H24N4O4. The molecule has 8 heteroatoms. The van der Waals surface area contributed by atoms with E-state index in [2.05, 4.69) is 20.7 Å². The molecule has 1 aliphatic heterocycles. The number of carbonyl (C=O) groups is 2. The van der Waals surface area contributed by atoms with Gasteiger partial charge in [-0.2, -0.15) is 5.10 Å². The maximum Gasteiger partial charge on any atom is 0.329 e. The van der Waals surface area contributed by atoms with Crippen molar-refractivity contribution in [1.29, 1.82) is 0 Å². The average molecular weight is 348 g/mol. The van der Waals surface area contributed by atoms with E-state index in [4.69, 9.17) is 9.47 Å². The Kier molecular flexibility index (Phi) is 7.87. The number of carbonyl (C=O) groups excluding carboxylic acids is 2. The number of methoxy groups -OCH3 is 1. The van der Waals surface area contributed by atoms with Gasteiger partial charge < -0.3 is 14.8 Å². The van der Waals surface area contributed by atoms with Crippen LogP contribution in [0.1, 0.15) is 12.0 Å². The number of amides is 2. The molecule has 1 aromatic rings. The maximum absolute atomic E-state index is 11.7. The Morgan fingerprint density at radius 3 is 2.64 bits per heavy atom. The molecule has 0 spiro atoms. The Morgan fingerprint density at radius 1 is 1.24 bits per heavy atom. The molecule has 0 aromatic heterocycles. The van der Waals surface area contributed by atoms with E-state index in [-0.39, 0.29) is 0 Å². The van der Waals surface area contributed by atoms with Gasteiger partial charge in [-0.1, -0.05) is 0 Å². The molecule has 136 valence electrons. The summed E-state index contributed by atoms with van der Waals surface area (Å²) in [5, 5.41) is 6.36. The molecule has 2 rings (SSSR count). The minimum absolute atomic E-state index is 0.450. The Morgan fingerprint density at radius 2 is 1.96 bits per heavy atom. The average Bonchev–Trinajstić information content (AvgIpc) is 2.66. The summed E-state index contributed by atoms with van der Waals surface area (Å²) in [5.74, 6) is -0.734. The van der Waals surface area contributed by atoms with Gasteiger partial charge in [0.05, 0.1) is 26.5 Å². The van der Waals surface area contributed by atoms with Gasteiger partial charge in [0.15, 0.2) is 0 Å². The first-order valence-corrected chi connectivity index (χ1v) is 8.24. The van der Waals surface area contributed by atoms with Gasteiger partial charge >= 0.3 is 11.8 Å². The van der Waals surface area contributed by atoms with Crippen molar-refractivity contribution in [3.63, 3.8) is 0 Å². The molecule has 8 nitrogen and oxygen atoms in total. The predicted octanol–water partition coefficient (Wildman–Crippen LogP) is -0.0162. The number of rotatable bonds is 7. The molecule has 1 aromatic carbocycles. The standard InChI is InChI=1S/C17H24N4O4/c1-24-15-5-3-14(4-6-15)13-19-20-17(23)16(22)18-7-2-8-21-9-11-25-12-10-21/h3-6,13H,2,7-12H2,1H3,(H,18,22)(H,20,23)/b19-13-. The van der Waals surface area contributed by atoms with Gasteiger partial charge in [-0.05, 0) is 42.8 Å². The fraction of sp³-hybridized carbons (Fsp3) is 0.471. The van der Waals surface area contributed by atoms with E-state index < -0.39 is 11.8 Å². The second-order valence-electron chi connectivity index (χ2n) is 5.54. The van der Waals surface area contributed by atoms with Gasteiger partial charge in [-0.3, -0.25) is 14.5 Å². The topological polar surface area (TPSA) is 92.3 Å². The lowest BCUT2D eigenvalue weighted by atomic mass is 10.2. The van der Waals surface area contributed by atoms with Crippen LogP contribution in [0.15, 0.2) is 29.4 Å². The Labute approximate surface area is 147 Å². The van der Waals surface area contributed by atoms with Crippen molar-refractivity contribution in [2.45, 2.75) is 6.42 Å². The highest BCUT2D eigenvalue weighted by Gasteiger charge is 2.13. The smallest absolute Gasteiger partial charge is 0.329 e. The SMILES string of the molecule is COc1ccc(/C=N\NC(=O)C(=O)NCCCN2CCOCC2)cc1. The molecule has 0 aliphatic carbocycles. The fourth-order valence-electron chi connectivity index (χ4n) is 2.32. The molecule has 1 heterocycles. The zero-order valence-electron chi connectivity index (χ0n) is 14.4. The summed E-state index contributed by atoms with van der Waals surface area (Å²) in [6.07, 6.45) is 2.25. The zero-order valence-corrected chi connectivity index (χ0v) is 14.4. The molecular weight excluding hydrogens is 324 g/mol. The minimum Gasteiger partial charge on any atom is -0.497 e. The van der Waals surface area contributed by atoms with E-state index >= 15 is 0 Å². The Hall–Kier alpha value is -2.45. The lowest BCUT2D eigenvalue weighted by Crippen LogP contribution is -2.40. The highest BCUT2D eigenvalue weighted by Crippen LogP contribution is 2.09. The molecule has 0 bridgehead atoms. The normalized spacial score (nSPS) is 15.1. The van der Waals surface area contributed by atoms with Crippen LogP contribution >= 0.6 is 0 Å². The predicted molar refractivity (Wildman–Crippen MR) is 93.6 cm³/mol. The number of hydrogen-bond acceptors (Lipinski definition) is 6. The largest absolute Gasteiger partial charge is 0.497 e. The van der Waals surface area contributed by atoms with Crippen molar-refractivity contribution in [2.24, 2.45) is 5.10 Å². The third kappa shape index (κ3) is 6.90. The van der Waals surface area contributed by atoms with Crippen LogP contribution in [-0.2, 0) is 14.3 Å². The van der Waals surface area contributed by atoms with E-state index in [1.165, 1.54) is 6.21 Å². The summed E-state index contributed by atoms with van der Waals surface area (Å²) in [4.78, 5) is 25.6. The van der Waals surface area contributed by atoms with Gasteiger partial charge in [-0.15, -0.1) is 0 Å². The first-order valence-electron chi connectivity index (χ1n) is 8.24. The fourth-order valence-corrected chi connectivity index (χ4v) is 2.32. The number of hydrazone groups is 1. The number of nitrogens with zero attached hydrogens (tertiary/aromatic N) is 2. The van der Waals surface area contributed by atoms with Gasteiger partial charge in [-0.25, -0.2) is 5.43 Å². The van der Waals surface area contributed by atoms with Crippen LogP contribution in [0.5, 0.6) is 5.75 Å².